The summed E-state index contributed by atoms with van der Waals surface area (Å²) in [6.07, 6.45) is 2.25. The van der Waals surface area contributed by atoms with Crippen LogP contribution in [0.3, 0.4) is 0 Å². The van der Waals surface area contributed by atoms with Gasteiger partial charge in [-0.25, -0.2) is 9.02 Å². The SMILES string of the molecule is Cc1nonc1CC(=O)N1CC2CCC(C1)C2c1nc(-c2ccc(F)cc2)no1. The van der Waals surface area contributed by atoms with Gasteiger partial charge in [-0.3, -0.25) is 4.79 Å². The highest BCUT2D eigenvalue weighted by Gasteiger charge is 2.46. The standard InChI is InChI=1S/C20H20FN5O3/c1-11-16(24-29-23-11)8-17(27)26-9-13-2-3-14(10-26)18(13)20-22-19(25-28-20)12-4-6-15(21)7-5-12/h4-7,13-14,18H,2-3,8-10H2,1H3. The topological polar surface area (TPSA) is 98.2 Å². The molecule has 1 amide bonds. The molecule has 2 aliphatic rings. The Balaban J connectivity index is 1.30. The van der Waals surface area contributed by atoms with Gasteiger partial charge in [0.25, 0.3) is 0 Å². The minimum absolute atomic E-state index is 0.0386. The van der Waals surface area contributed by atoms with Crippen LogP contribution in [0.25, 0.3) is 11.4 Å². The number of hydrogen-bond donors (Lipinski definition) is 0. The molecule has 0 radical (unpaired) electrons. The Morgan fingerprint density at radius 3 is 2.52 bits per heavy atom. The van der Waals surface area contributed by atoms with Gasteiger partial charge in [-0.2, -0.15) is 4.98 Å². The molecule has 2 atom stereocenters. The first-order valence-corrected chi connectivity index (χ1v) is 9.74. The number of hydrogen-bond acceptors (Lipinski definition) is 7. The molecule has 9 heteroatoms. The lowest BCUT2D eigenvalue weighted by atomic mass is 9.84. The highest BCUT2D eigenvalue weighted by atomic mass is 19.1. The van der Waals surface area contributed by atoms with Crippen molar-refractivity contribution in [1.82, 2.24) is 25.4 Å². The van der Waals surface area contributed by atoms with E-state index in [-0.39, 0.29) is 35.9 Å². The third-order valence-corrected chi connectivity index (χ3v) is 6.08. The molecule has 1 saturated carbocycles. The van der Waals surface area contributed by atoms with Gasteiger partial charge in [0.15, 0.2) is 0 Å². The molecule has 8 nitrogen and oxygen atoms in total. The lowest BCUT2D eigenvalue weighted by Gasteiger charge is -2.36. The van der Waals surface area contributed by atoms with Crippen LogP contribution < -0.4 is 0 Å². The van der Waals surface area contributed by atoms with Crippen LogP contribution in [-0.2, 0) is 11.2 Å². The van der Waals surface area contributed by atoms with Crippen molar-refractivity contribution in [3.05, 3.63) is 47.4 Å². The molecule has 2 aromatic heterocycles. The molecule has 3 heterocycles. The second-order valence-corrected chi connectivity index (χ2v) is 7.86. The van der Waals surface area contributed by atoms with Crippen LogP contribution in [0.5, 0.6) is 0 Å². The maximum absolute atomic E-state index is 13.1. The maximum atomic E-state index is 13.1. The van der Waals surface area contributed by atoms with Crippen molar-refractivity contribution in [2.75, 3.05) is 13.1 Å². The van der Waals surface area contributed by atoms with Gasteiger partial charge in [0.1, 0.15) is 17.2 Å². The van der Waals surface area contributed by atoms with E-state index in [2.05, 4.69) is 25.1 Å². The van der Waals surface area contributed by atoms with Gasteiger partial charge in [-0.1, -0.05) is 15.5 Å². The fourth-order valence-corrected chi connectivity index (χ4v) is 4.58. The summed E-state index contributed by atoms with van der Waals surface area (Å²) in [7, 11) is 0. The summed E-state index contributed by atoms with van der Waals surface area (Å²) in [6, 6.07) is 6.04. The second kappa shape index (κ2) is 7.06. The van der Waals surface area contributed by atoms with Crippen LogP contribution in [0.1, 0.15) is 36.0 Å². The molecule has 150 valence electrons. The number of amides is 1. The molecule has 2 fully saturated rings. The average Bonchev–Trinajstić information content (AvgIpc) is 3.41. The largest absolute Gasteiger partial charge is 0.342 e. The van der Waals surface area contributed by atoms with Gasteiger partial charge in [0, 0.05) is 24.6 Å². The number of carbonyl (C=O) groups excluding carboxylic acids is 1. The maximum Gasteiger partial charge on any atom is 0.230 e. The predicted molar refractivity (Wildman–Crippen MR) is 98.0 cm³/mol. The predicted octanol–water partition coefficient (Wildman–Crippen LogP) is 2.76. The molecule has 29 heavy (non-hydrogen) atoms. The average molecular weight is 397 g/mol. The molecule has 3 aromatic rings. The quantitative estimate of drug-likeness (QED) is 0.667. The van der Waals surface area contributed by atoms with Crippen LogP contribution in [0.2, 0.25) is 0 Å². The summed E-state index contributed by atoms with van der Waals surface area (Å²) in [6.45, 7) is 3.11. The highest BCUT2D eigenvalue weighted by molar-refractivity contribution is 5.78. The minimum atomic E-state index is -0.302. The third-order valence-electron chi connectivity index (χ3n) is 6.08. The number of fused-ring (bicyclic) bond motifs is 2. The minimum Gasteiger partial charge on any atom is -0.342 e. The molecule has 1 aromatic carbocycles. The molecular weight excluding hydrogens is 377 g/mol. The first-order chi connectivity index (χ1) is 14.1. The highest BCUT2D eigenvalue weighted by Crippen LogP contribution is 2.47. The number of nitrogens with zero attached hydrogens (tertiary/aromatic N) is 5. The van der Waals surface area contributed by atoms with Crippen molar-refractivity contribution in [2.24, 2.45) is 11.8 Å². The Hall–Kier alpha value is -3.10. The Morgan fingerprint density at radius 2 is 1.86 bits per heavy atom. The van der Waals surface area contributed by atoms with E-state index in [1.54, 1.807) is 19.1 Å². The van der Waals surface area contributed by atoms with Crippen molar-refractivity contribution in [3.8, 4) is 11.4 Å². The Morgan fingerprint density at radius 1 is 1.14 bits per heavy atom. The molecule has 1 aliphatic heterocycles. The van der Waals surface area contributed by atoms with Crippen LogP contribution >= 0.6 is 0 Å². The zero-order chi connectivity index (χ0) is 20.0. The third kappa shape index (κ3) is 3.30. The molecule has 2 bridgehead atoms. The zero-order valence-corrected chi connectivity index (χ0v) is 15.9. The van der Waals surface area contributed by atoms with Gasteiger partial charge < -0.3 is 9.42 Å². The molecule has 2 unspecified atom stereocenters. The monoisotopic (exact) mass is 397 g/mol. The summed E-state index contributed by atoms with van der Waals surface area (Å²) >= 11 is 0. The van der Waals surface area contributed by atoms with Crippen LogP contribution in [0.15, 0.2) is 33.4 Å². The van der Waals surface area contributed by atoms with E-state index in [9.17, 15) is 9.18 Å². The van der Waals surface area contributed by atoms with Gasteiger partial charge in [0.2, 0.25) is 17.6 Å². The normalized spacial score (nSPS) is 23.5. The molecule has 1 aliphatic carbocycles. The van der Waals surface area contributed by atoms with Gasteiger partial charge in [-0.05, 0) is 55.9 Å². The second-order valence-electron chi connectivity index (χ2n) is 7.86. The van der Waals surface area contributed by atoms with E-state index >= 15 is 0 Å². The summed E-state index contributed by atoms with van der Waals surface area (Å²) in [5.41, 5.74) is 1.96. The first-order valence-electron chi connectivity index (χ1n) is 9.74. The van der Waals surface area contributed by atoms with Crippen molar-refractivity contribution in [2.45, 2.75) is 32.1 Å². The van der Waals surface area contributed by atoms with E-state index in [4.69, 9.17) is 4.52 Å². The molecule has 1 saturated heterocycles. The Bertz CT molecular complexity index is 1020. The lowest BCUT2D eigenvalue weighted by molar-refractivity contribution is -0.133. The van der Waals surface area contributed by atoms with E-state index in [1.807, 2.05) is 4.90 Å². The number of aryl methyl sites for hydroxylation is 1. The lowest BCUT2D eigenvalue weighted by Crippen LogP contribution is -2.45. The van der Waals surface area contributed by atoms with Crippen LogP contribution in [-0.4, -0.2) is 44.4 Å². The van der Waals surface area contributed by atoms with Gasteiger partial charge in [0.05, 0.1) is 6.42 Å². The smallest absolute Gasteiger partial charge is 0.230 e. The Labute approximate surface area is 166 Å². The fraction of sp³-hybridized carbons (Fsp3) is 0.450. The first kappa shape index (κ1) is 18.0. The molecule has 0 spiro atoms. The van der Waals surface area contributed by atoms with E-state index in [0.29, 0.717) is 36.2 Å². The number of rotatable bonds is 4. The van der Waals surface area contributed by atoms with Crippen molar-refractivity contribution >= 4 is 5.91 Å². The van der Waals surface area contributed by atoms with E-state index in [1.165, 1.54) is 12.1 Å². The number of benzene rings is 1. The van der Waals surface area contributed by atoms with E-state index in [0.717, 1.165) is 18.4 Å². The summed E-state index contributed by atoms with van der Waals surface area (Å²) in [5.74, 6) is 1.54. The van der Waals surface area contributed by atoms with Crippen molar-refractivity contribution < 1.29 is 18.3 Å². The number of piperidine rings is 1. The number of likely N-dealkylation sites (tertiary alicyclic amines) is 1. The van der Waals surface area contributed by atoms with Crippen molar-refractivity contribution in [1.29, 1.82) is 0 Å². The van der Waals surface area contributed by atoms with E-state index < -0.39 is 0 Å². The fourth-order valence-electron chi connectivity index (χ4n) is 4.58. The molecular formula is C20H20FN5O3. The van der Waals surface area contributed by atoms with Gasteiger partial charge >= 0.3 is 0 Å². The summed E-state index contributed by atoms with van der Waals surface area (Å²) in [4.78, 5) is 19.2. The summed E-state index contributed by atoms with van der Waals surface area (Å²) in [5, 5.41) is 11.6. The molecule has 5 rings (SSSR count). The Kier molecular flexibility index (Phi) is 4.37. The van der Waals surface area contributed by atoms with Crippen LogP contribution in [0, 0.1) is 24.6 Å². The van der Waals surface area contributed by atoms with Crippen LogP contribution in [0.4, 0.5) is 4.39 Å². The van der Waals surface area contributed by atoms with Gasteiger partial charge in [-0.15, -0.1) is 0 Å². The number of halogens is 1. The van der Waals surface area contributed by atoms with Crippen molar-refractivity contribution in [3.63, 3.8) is 0 Å². The molecule has 0 N–H and O–H groups in total. The number of carbonyl (C=O) groups is 1. The number of aromatic nitrogens is 4. The zero-order valence-electron chi connectivity index (χ0n) is 15.9. The summed E-state index contributed by atoms with van der Waals surface area (Å²) < 4.78 is 23.4.